The molecule has 4 saturated carbocycles. The number of ketones is 1. The molecular formula is C23H34O6. The van der Waals surface area contributed by atoms with E-state index in [4.69, 9.17) is 4.74 Å². The molecule has 0 aromatic heterocycles. The summed E-state index contributed by atoms with van der Waals surface area (Å²) in [7, 11) is 0. The van der Waals surface area contributed by atoms with Gasteiger partial charge in [-0.3, -0.25) is 9.59 Å². The molecule has 10 atom stereocenters. The largest absolute Gasteiger partial charge is 0.458 e. The van der Waals surface area contributed by atoms with Crippen LogP contribution in [0.4, 0.5) is 0 Å². The zero-order valence-corrected chi connectivity index (χ0v) is 17.8. The van der Waals surface area contributed by atoms with Gasteiger partial charge >= 0.3 is 5.97 Å². The molecule has 6 heteroatoms. The van der Waals surface area contributed by atoms with Crippen LogP contribution in [0.5, 0.6) is 0 Å². The van der Waals surface area contributed by atoms with Gasteiger partial charge in [0.1, 0.15) is 12.2 Å². The number of allylic oxidation sites excluding steroid dienone is 1. The van der Waals surface area contributed by atoms with Crippen LogP contribution in [0.2, 0.25) is 0 Å². The van der Waals surface area contributed by atoms with Gasteiger partial charge in [-0.15, -0.1) is 0 Å². The Morgan fingerprint density at radius 3 is 2.52 bits per heavy atom. The highest BCUT2D eigenvalue weighted by Crippen LogP contribution is 2.67. The van der Waals surface area contributed by atoms with Gasteiger partial charge in [0.05, 0.1) is 12.2 Å². The minimum absolute atomic E-state index is 0.0463. The van der Waals surface area contributed by atoms with Crippen molar-refractivity contribution < 1.29 is 29.6 Å². The number of hydrogen-bond donors (Lipinski definition) is 3. The monoisotopic (exact) mass is 406 g/mol. The number of esters is 1. The van der Waals surface area contributed by atoms with Crippen LogP contribution in [0, 0.1) is 34.5 Å². The van der Waals surface area contributed by atoms with Crippen molar-refractivity contribution >= 4 is 11.8 Å². The van der Waals surface area contributed by atoms with E-state index in [1.165, 1.54) is 6.92 Å². The lowest BCUT2D eigenvalue weighted by atomic mass is 9.43. The predicted molar refractivity (Wildman–Crippen MR) is 106 cm³/mol. The van der Waals surface area contributed by atoms with Gasteiger partial charge in [-0.05, 0) is 67.3 Å². The van der Waals surface area contributed by atoms with Gasteiger partial charge in [0.2, 0.25) is 0 Å². The lowest BCUT2D eigenvalue weighted by molar-refractivity contribution is -0.202. The van der Waals surface area contributed by atoms with E-state index in [1.807, 2.05) is 13.0 Å². The third-order valence-corrected chi connectivity index (χ3v) is 8.92. The number of hydrogen-bond acceptors (Lipinski definition) is 6. The minimum Gasteiger partial charge on any atom is -0.458 e. The standard InChI is InChI=1S/C23H34O6/c1-5-13-17(29-11(2)24)9-14-18-19(16(26)10-23(13,14)4)22(3)7-6-12(25)8-15(22)20(27)21(18)28/h5,12,14-19,21,25-26,28H,6-10H2,1-4H3/b13-5-/t12-,14-,15+,16-,17-,18-,19-,21+,22-,23+/m0/s1. The highest BCUT2D eigenvalue weighted by atomic mass is 16.5. The number of carbonyl (C=O) groups is 2. The molecule has 0 unspecified atom stereocenters. The van der Waals surface area contributed by atoms with Crippen LogP contribution in [0.25, 0.3) is 0 Å². The maximum atomic E-state index is 13.2. The Labute approximate surface area is 172 Å². The van der Waals surface area contributed by atoms with E-state index in [0.29, 0.717) is 32.1 Å². The van der Waals surface area contributed by atoms with Gasteiger partial charge in [0, 0.05) is 18.8 Å². The molecule has 0 aromatic carbocycles. The van der Waals surface area contributed by atoms with Crippen molar-refractivity contribution in [1.82, 2.24) is 0 Å². The Kier molecular flexibility index (Phi) is 4.99. The quantitative estimate of drug-likeness (QED) is 0.455. The zero-order valence-electron chi connectivity index (χ0n) is 17.8. The van der Waals surface area contributed by atoms with Crippen molar-refractivity contribution in [3.63, 3.8) is 0 Å². The third kappa shape index (κ3) is 2.86. The Morgan fingerprint density at radius 1 is 1.21 bits per heavy atom. The number of rotatable bonds is 1. The fourth-order valence-electron chi connectivity index (χ4n) is 7.79. The normalized spacial score (nSPS) is 53.2. The fraction of sp³-hybridized carbons (Fsp3) is 0.826. The maximum Gasteiger partial charge on any atom is 0.303 e. The van der Waals surface area contributed by atoms with Crippen LogP contribution in [0.1, 0.15) is 59.8 Å². The zero-order chi connectivity index (χ0) is 21.3. The first-order chi connectivity index (χ1) is 13.5. The Balaban J connectivity index is 1.77. The van der Waals surface area contributed by atoms with Gasteiger partial charge in [-0.25, -0.2) is 0 Å². The first-order valence-corrected chi connectivity index (χ1v) is 11.0. The molecule has 0 saturated heterocycles. The van der Waals surface area contributed by atoms with Crippen molar-refractivity contribution in [2.45, 2.75) is 84.2 Å². The highest BCUT2D eigenvalue weighted by Gasteiger charge is 2.68. The molecule has 0 aromatic rings. The molecule has 29 heavy (non-hydrogen) atoms. The van der Waals surface area contributed by atoms with Crippen molar-refractivity contribution in [2.75, 3.05) is 0 Å². The molecule has 0 radical (unpaired) electrons. The predicted octanol–water partition coefficient (Wildman–Crippen LogP) is 2.00. The third-order valence-electron chi connectivity index (χ3n) is 8.92. The van der Waals surface area contributed by atoms with Gasteiger partial charge in [-0.2, -0.15) is 0 Å². The molecule has 0 bridgehead atoms. The van der Waals surface area contributed by atoms with Crippen LogP contribution >= 0.6 is 0 Å². The molecule has 4 aliphatic rings. The Morgan fingerprint density at radius 2 is 1.90 bits per heavy atom. The molecule has 0 spiro atoms. The van der Waals surface area contributed by atoms with Crippen molar-refractivity contribution in [3.05, 3.63) is 11.6 Å². The van der Waals surface area contributed by atoms with Gasteiger partial charge in [-0.1, -0.05) is 19.9 Å². The first kappa shape index (κ1) is 21.0. The second kappa shape index (κ2) is 6.89. The topological polar surface area (TPSA) is 104 Å². The average Bonchev–Trinajstić information content (AvgIpc) is 2.90. The SMILES string of the molecule is C/C=C1/[C@@H](OC(C)=O)C[C@H]2[C@H]3[C@H]([C@@H](O)C[C@]12C)[C@@]1(C)CC[C@H](O)C[C@@H]1C(=O)[C@@H]3O. The summed E-state index contributed by atoms with van der Waals surface area (Å²) in [6, 6.07) is 0. The molecular weight excluding hydrogens is 372 g/mol. The Hall–Kier alpha value is -1.24. The summed E-state index contributed by atoms with van der Waals surface area (Å²) in [5.41, 5.74) is 0.131. The molecule has 0 amide bonds. The molecule has 0 heterocycles. The second-order valence-electron chi connectivity index (χ2n) is 10.3. The van der Waals surface area contributed by atoms with E-state index in [-0.39, 0.29) is 35.6 Å². The molecule has 4 aliphatic carbocycles. The summed E-state index contributed by atoms with van der Waals surface area (Å²) < 4.78 is 5.61. The lowest BCUT2D eigenvalue weighted by Gasteiger charge is -2.62. The van der Waals surface area contributed by atoms with Crippen LogP contribution in [0.15, 0.2) is 11.6 Å². The summed E-state index contributed by atoms with van der Waals surface area (Å²) >= 11 is 0. The van der Waals surface area contributed by atoms with Crippen molar-refractivity contribution in [3.8, 4) is 0 Å². The van der Waals surface area contributed by atoms with E-state index in [0.717, 1.165) is 5.57 Å². The smallest absolute Gasteiger partial charge is 0.303 e. The number of carbonyl (C=O) groups excluding carboxylic acids is 2. The Bertz CT molecular complexity index is 746. The second-order valence-corrected chi connectivity index (χ2v) is 10.3. The van der Waals surface area contributed by atoms with Crippen molar-refractivity contribution in [1.29, 1.82) is 0 Å². The minimum atomic E-state index is -1.16. The molecule has 6 nitrogen and oxygen atoms in total. The number of ether oxygens (including phenoxy) is 1. The fourth-order valence-corrected chi connectivity index (χ4v) is 7.79. The number of aliphatic hydroxyl groups excluding tert-OH is 3. The van der Waals surface area contributed by atoms with E-state index >= 15 is 0 Å². The van der Waals surface area contributed by atoms with Crippen LogP contribution in [-0.2, 0) is 14.3 Å². The van der Waals surface area contributed by atoms with Gasteiger partial charge in [0.15, 0.2) is 5.78 Å². The van der Waals surface area contributed by atoms with E-state index < -0.39 is 35.1 Å². The van der Waals surface area contributed by atoms with Gasteiger partial charge < -0.3 is 20.1 Å². The molecule has 4 rings (SSSR count). The highest BCUT2D eigenvalue weighted by molar-refractivity contribution is 5.87. The molecule has 162 valence electrons. The number of fused-ring (bicyclic) bond motifs is 5. The number of Topliss-reactive ketones (excluding diaryl/α,β-unsaturated/α-hetero) is 1. The van der Waals surface area contributed by atoms with Gasteiger partial charge in [0.25, 0.3) is 0 Å². The first-order valence-electron chi connectivity index (χ1n) is 11.0. The van der Waals surface area contributed by atoms with Crippen molar-refractivity contribution in [2.24, 2.45) is 34.5 Å². The lowest BCUT2D eigenvalue weighted by Crippen LogP contribution is -2.65. The van der Waals surface area contributed by atoms with Crippen LogP contribution < -0.4 is 0 Å². The number of aliphatic hydroxyl groups is 3. The van der Waals surface area contributed by atoms with E-state index in [9.17, 15) is 24.9 Å². The van der Waals surface area contributed by atoms with Crippen LogP contribution in [0.3, 0.4) is 0 Å². The summed E-state index contributed by atoms with van der Waals surface area (Å²) in [6.07, 6.45) is 2.00. The summed E-state index contributed by atoms with van der Waals surface area (Å²) in [5, 5.41) is 32.7. The average molecular weight is 407 g/mol. The molecule has 0 aliphatic heterocycles. The summed E-state index contributed by atoms with van der Waals surface area (Å²) in [5.74, 6) is -1.59. The summed E-state index contributed by atoms with van der Waals surface area (Å²) in [4.78, 5) is 24.9. The van der Waals surface area contributed by atoms with E-state index in [2.05, 4.69) is 13.8 Å². The molecule has 4 fully saturated rings. The van der Waals surface area contributed by atoms with E-state index in [1.54, 1.807) is 0 Å². The summed E-state index contributed by atoms with van der Waals surface area (Å²) in [6.45, 7) is 7.45. The van der Waals surface area contributed by atoms with Crippen LogP contribution in [-0.4, -0.2) is 51.5 Å². The maximum absolute atomic E-state index is 13.2. The molecule has 3 N–H and O–H groups in total.